The quantitative estimate of drug-likeness (QED) is 0.172. The van der Waals surface area contributed by atoms with Gasteiger partial charge >= 0.3 is 0 Å². The number of fused-ring (bicyclic) bond motifs is 6. The molecule has 11 rings (SSSR count). The van der Waals surface area contributed by atoms with Crippen molar-refractivity contribution in [3.05, 3.63) is 229 Å². The van der Waals surface area contributed by atoms with Crippen molar-refractivity contribution in [3.8, 4) is 56.2 Å². The van der Waals surface area contributed by atoms with E-state index in [1.54, 1.807) is 0 Å². The van der Waals surface area contributed by atoms with E-state index in [1.807, 2.05) is 36.4 Å². The predicted molar refractivity (Wildman–Crippen MR) is 228 cm³/mol. The van der Waals surface area contributed by atoms with Crippen LogP contribution in [0.3, 0.4) is 0 Å². The number of para-hydroxylation sites is 1. The van der Waals surface area contributed by atoms with Crippen LogP contribution in [0.2, 0.25) is 0 Å². The van der Waals surface area contributed by atoms with Crippen LogP contribution in [0, 0.1) is 0 Å². The minimum absolute atomic E-state index is 0.492. The highest BCUT2D eigenvalue weighted by molar-refractivity contribution is 6.12. The summed E-state index contributed by atoms with van der Waals surface area (Å²) in [7, 11) is 0. The number of nitrogens with zero attached hydrogens (tertiary/aromatic N) is 2. The molecule has 3 heteroatoms. The Kier molecular flexibility index (Phi) is 7.39. The van der Waals surface area contributed by atoms with Gasteiger partial charge in [0.1, 0.15) is 11.2 Å². The van der Waals surface area contributed by atoms with Crippen molar-refractivity contribution in [2.45, 2.75) is 5.41 Å². The molecule has 0 unspecified atom stereocenters. The Morgan fingerprint density at radius 2 is 0.893 bits per heavy atom. The first-order valence-corrected chi connectivity index (χ1v) is 19.1. The summed E-state index contributed by atoms with van der Waals surface area (Å²) in [5, 5.41) is 2.12. The summed E-state index contributed by atoms with van der Waals surface area (Å²) >= 11 is 0. The van der Waals surface area contributed by atoms with E-state index in [0.717, 1.165) is 55.6 Å². The standard InChI is InChI=1S/C53H34N2O/c1-4-18-35(19-5-1)52-54-46(34-47(55-52)42-29-17-33-49-51(42)43-27-13-15-32-48(43)56-49)39-25-11-10-24-38(39)40-28-16-31-45-50(40)41-26-12-14-30-44(41)53(45,36-20-6-2-7-21-36)37-22-8-3-9-23-37/h1-34H. The summed E-state index contributed by atoms with van der Waals surface area (Å²) in [5.41, 5.74) is 15.7. The molecule has 0 bridgehead atoms. The molecule has 0 spiro atoms. The molecule has 8 aromatic carbocycles. The molecule has 10 aromatic rings. The molecule has 0 N–H and O–H groups in total. The van der Waals surface area contributed by atoms with E-state index >= 15 is 0 Å². The van der Waals surface area contributed by atoms with Crippen molar-refractivity contribution >= 4 is 21.9 Å². The summed E-state index contributed by atoms with van der Waals surface area (Å²) in [4.78, 5) is 10.6. The van der Waals surface area contributed by atoms with Gasteiger partial charge in [0.25, 0.3) is 0 Å². The van der Waals surface area contributed by atoms with Gasteiger partial charge in [-0.3, -0.25) is 0 Å². The fourth-order valence-electron chi connectivity index (χ4n) is 9.09. The lowest BCUT2D eigenvalue weighted by Crippen LogP contribution is -2.28. The van der Waals surface area contributed by atoms with E-state index in [1.165, 1.54) is 38.9 Å². The van der Waals surface area contributed by atoms with Gasteiger partial charge in [0.05, 0.1) is 16.8 Å². The Morgan fingerprint density at radius 3 is 1.64 bits per heavy atom. The monoisotopic (exact) mass is 714 g/mol. The molecule has 1 aliphatic carbocycles. The van der Waals surface area contributed by atoms with Crippen molar-refractivity contribution in [2.24, 2.45) is 0 Å². The fraction of sp³-hybridized carbons (Fsp3) is 0.0189. The van der Waals surface area contributed by atoms with Crippen molar-refractivity contribution in [1.29, 1.82) is 0 Å². The Bertz CT molecular complexity index is 3040. The first-order valence-electron chi connectivity index (χ1n) is 19.1. The highest BCUT2D eigenvalue weighted by atomic mass is 16.3. The fourth-order valence-corrected chi connectivity index (χ4v) is 9.09. The lowest BCUT2D eigenvalue weighted by Gasteiger charge is -2.34. The van der Waals surface area contributed by atoms with Gasteiger partial charge < -0.3 is 4.42 Å². The number of benzene rings is 8. The van der Waals surface area contributed by atoms with Gasteiger partial charge in [0, 0.05) is 27.5 Å². The van der Waals surface area contributed by atoms with Crippen molar-refractivity contribution in [2.75, 3.05) is 0 Å². The number of furan rings is 1. The van der Waals surface area contributed by atoms with Crippen LogP contribution in [0.5, 0.6) is 0 Å². The number of hydrogen-bond donors (Lipinski definition) is 0. The third-order valence-corrected chi connectivity index (χ3v) is 11.4. The molecule has 0 aliphatic heterocycles. The molecule has 56 heavy (non-hydrogen) atoms. The van der Waals surface area contributed by atoms with Crippen LogP contribution >= 0.6 is 0 Å². The van der Waals surface area contributed by atoms with Crippen LogP contribution in [0.25, 0.3) is 78.1 Å². The Morgan fingerprint density at radius 1 is 0.375 bits per heavy atom. The van der Waals surface area contributed by atoms with Gasteiger partial charge in [-0.25, -0.2) is 9.97 Å². The minimum Gasteiger partial charge on any atom is -0.456 e. The lowest BCUT2D eigenvalue weighted by atomic mass is 9.67. The van der Waals surface area contributed by atoms with Crippen LogP contribution in [-0.2, 0) is 5.41 Å². The molecule has 1 aliphatic rings. The highest BCUT2D eigenvalue weighted by Gasteiger charge is 2.46. The summed E-state index contributed by atoms with van der Waals surface area (Å²) in [6.07, 6.45) is 0. The average Bonchev–Trinajstić information content (AvgIpc) is 3.81. The zero-order valence-electron chi connectivity index (χ0n) is 30.4. The lowest BCUT2D eigenvalue weighted by molar-refractivity contribution is 0.669. The topological polar surface area (TPSA) is 38.9 Å². The number of rotatable bonds is 6. The van der Waals surface area contributed by atoms with Gasteiger partial charge in [-0.1, -0.05) is 188 Å². The maximum Gasteiger partial charge on any atom is 0.160 e. The zero-order valence-corrected chi connectivity index (χ0v) is 30.4. The predicted octanol–water partition coefficient (Wildman–Crippen LogP) is 13.4. The van der Waals surface area contributed by atoms with Gasteiger partial charge in [0.15, 0.2) is 5.82 Å². The van der Waals surface area contributed by atoms with Crippen molar-refractivity contribution in [3.63, 3.8) is 0 Å². The van der Waals surface area contributed by atoms with E-state index in [-0.39, 0.29) is 0 Å². The molecule has 2 heterocycles. The van der Waals surface area contributed by atoms with Crippen LogP contribution < -0.4 is 0 Å². The molecule has 0 atom stereocenters. The maximum atomic E-state index is 6.33. The van der Waals surface area contributed by atoms with Crippen molar-refractivity contribution < 1.29 is 4.42 Å². The van der Waals surface area contributed by atoms with Crippen LogP contribution in [0.15, 0.2) is 211 Å². The Labute approximate surface area is 325 Å². The van der Waals surface area contributed by atoms with E-state index in [9.17, 15) is 0 Å². The molecule has 0 saturated heterocycles. The molecule has 0 radical (unpaired) electrons. The van der Waals surface area contributed by atoms with E-state index in [0.29, 0.717) is 5.82 Å². The third-order valence-electron chi connectivity index (χ3n) is 11.4. The summed E-state index contributed by atoms with van der Waals surface area (Å²) < 4.78 is 6.33. The second kappa shape index (κ2) is 12.9. The summed E-state index contributed by atoms with van der Waals surface area (Å²) in [6, 6.07) is 73.3. The second-order valence-electron chi connectivity index (χ2n) is 14.4. The van der Waals surface area contributed by atoms with Crippen molar-refractivity contribution in [1.82, 2.24) is 9.97 Å². The van der Waals surface area contributed by atoms with Crippen LogP contribution in [0.4, 0.5) is 0 Å². The third kappa shape index (κ3) is 4.84. The molecular weight excluding hydrogens is 681 g/mol. The minimum atomic E-state index is -0.492. The largest absolute Gasteiger partial charge is 0.456 e. The van der Waals surface area contributed by atoms with Gasteiger partial charge in [-0.05, 0) is 62.7 Å². The Balaban J connectivity index is 1.18. The molecule has 262 valence electrons. The molecular formula is C53H34N2O. The average molecular weight is 715 g/mol. The zero-order chi connectivity index (χ0) is 37.1. The molecule has 2 aromatic heterocycles. The van der Waals surface area contributed by atoms with E-state index in [2.05, 4.69) is 170 Å². The molecule has 0 fully saturated rings. The normalized spacial score (nSPS) is 12.8. The highest BCUT2D eigenvalue weighted by Crippen LogP contribution is 2.58. The SMILES string of the molecule is c1ccc(-c2nc(-c3ccccc3-c3cccc4c3-c3ccccc3C4(c3ccccc3)c3ccccc3)cc(-c3cccc4oc5ccccc5c34)n2)cc1. The first kappa shape index (κ1) is 32.1. The first-order chi connectivity index (χ1) is 27.8. The van der Waals surface area contributed by atoms with Gasteiger partial charge in [0.2, 0.25) is 0 Å². The summed E-state index contributed by atoms with van der Waals surface area (Å²) in [6.45, 7) is 0. The van der Waals surface area contributed by atoms with Gasteiger partial charge in [-0.15, -0.1) is 0 Å². The molecule has 0 saturated carbocycles. The summed E-state index contributed by atoms with van der Waals surface area (Å²) in [5.74, 6) is 0.675. The van der Waals surface area contributed by atoms with Crippen LogP contribution in [0.1, 0.15) is 22.3 Å². The molecule has 0 amide bonds. The van der Waals surface area contributed by atoms with E-state index < -0.39 is 5.41 Å². The maximum absolute atomic E-state index is 6.33. The second-order valence-corrected chi connectivity index (χ2v) is 14.4. The van der Waals surface area contributed by atoms with E-state index in [4.69, 9.17) is 14.4 Å². The van der Waals surface area contributed by atoms with Gasteiger partial charge in [-0.2, -0.15) is 0 Å². The number of hydrogen-bond acceptors (Lipinski definition) is 3. The van der Waals surface area contributed by atoms with Crippen LogP contribution in [-0.4, -0.2) is 9.97 Å². The molecule has 3 nitrogen and oxygen atoms in total. The smallest absolute Gasteiger partial charge is 0.160 e. The number of aromatic nitrogens is 2. The Hall–Kier alpha value is -7.36.